The van der Waals surface area contributed by atoms with Crippen LogP contribution in [0.5, 0.6) is 0 Å². The summed E-state index contributed by atoms with van der Waals surface area (Å²) in [5.74, 6) is 1.64. The van der Waals surface area contributed by atoms with Crippen molar-refractivity contribution in [2.45, 2.75) is 64.1 Å². The Morgan fingerprint density at radius 3 is 2.08 bits per heavy atom. The van der Waals surface area contributed by atoms with E-state index < -0.39 is 8.32 Å². The van der Waals surface area contributed by atoms with Crippen LogP contribution in [0.4, 0.5) is 0 Å². The molecule has 0 amide bonds. The maximum absolute atomic E-state index is 6.94. The molecule has 1 nitrogen and oxygen atoms in total. The second kappa shape index (κ2) is 7.44. The van der Waals surface area contributed by atoms with E-state index in [1.165, 1.54) is 29.5 Å². The minimum atomic E-state index is -1.91. The van der Waals surface area contributed by atoms with Crippen molar-refractivity contribution in [3.05, 3.63) is 77.4 Å². The van der Waals surface area contributed by atoms with E-state index in [1.807, 2.05) is 0 Å². The predicted octanol–water partition coefficient (Wildman–Crippen LogP) is 7.39. The van der Waals surface area contributed by atoms with E-state index in [2.05, 4.69) is 94.5 Å². The minimum Gasteiger partial charge on any atom is -0.543 e. The SMILES string of the molecule is CC(C)(C)[Si](C)(C)O/C(=C1/CCCC1c1ccccc1)c1ccccc1. The van der Waals surface area contributed by atoms with Crippen molar-refractivity contribution < 1.29 is 4.43 Å². The first-order valence-electron chi connectivity index (χ1n) is 9.82. The van der Waals surface area contributed by atoms with Crippen molar-refractivity contribution in [2.75, 3.05) is 0 Å². The standard InChI is InChI=1S/C24H32OSi/c1-24(2,3)26(4,5)25-23(20-15-10-7-11-16-20)22-18-12-17-21(22)19-13-8-6-9-14-19/h6-11,13-16,21H,12,17-18H2,1-5H3/b23-22-. The van der Waals surface area contributed by atoms with Crippen LogP contribution >= 0.6 is 0 Å². The molecule has 3 rings (SSSR count). The molecule has 1 saturated carbocycles. The molecule has 0 N–H and O–H groups in total. The third kappa shape index (κ3) is 3.96. The summed E-state index contributed by atoms with van der Waals surface area (Å²) < 4.78 is 6.94. The molecule has 1 atom stereocenters. The molecule has 0 aliphatic heterocycles. The number of rotatable bonds is 4. The fourth-order valence-corrected chi connectivity index (χ4v) is 4.54. The van der Waals surface area contributed by atoms with Crippen LogP contribution in [0.1, 0.15) is 57.1 Å². The molecule has 0 spiro atoms. The van der Waals surface area contributed by atoms with E-state index in [1.54, 1.807) is 0 Å². The Labute approximate surface area is 160 Å². The second-order valence-electron chi connectivity index (χ2n) is 8.94. The van der Waals surface area contributed by atoms with Gasteiger partial charge in [-0.2, -0.15) is 0 Å². The summed E-state index contributed by atoms with van der Waals surface area (Å²) in [6.07, 6.45) is 3.60. The molecule has 2 aromatic carbocycles. The third-order valence-electron chi connectivity index (χ3n) is 6.05. The highest BCUT2D eigenvalue weighted by molar-refractivity contribution is 6.74. The summed E-state index contributed by atoms with van der Waals surface area (Å²) in [7, 11) is -1.91. The number of benzene rings is 2. The van der Waals surface area contributed by atoms with E-state index in [0.717, 1.165) is 12.2 Å². The van der Waals surface area contributed by atoms with Gasteiger partial charge in [0.05, 0.1) is 0 Å². The van der Waals surface area contributed by atoms with Gasteiger partial charge in [-0.05, 0) is 48.5 Å². The zero-order valence-corrected chi connectivity index (χ0v) is 17.9. The Balaban J connectivity index is 2.09. The topological polar surface area (TPSA) is 9.23 Å². The highest BCUT2D eigenvalue weighted by Crippen LogP contribution is 2.46. The van der Waals surface area contributed by atoms with Crippen molar-refractivity contribution in [3.8, 4) is 0 Å². The highest BCUT2D eigenvalue weighted by Gasteiger charge is 2.41. The fourth-order valence-electron chi connectivity index (χ4n) is 3.48. The van der Waals surface area contributed by atoms with E-state index in [-0.39, 0.29) is 5.04 Å². The van der Waals surface area contributed by atoms with Gasteiger partial charge in [-0.1, -0.05) is 81.4 Å². The first kappa shape index (κ1) is 19.0. The van der Waals surface area contributed by atoms with Crippen LogP contribution in [-0.4, -0.2) is 8.32 Å². The van der Waals surface area contributed by atoms with Gasteiger partial charge in [0.25, 0.3) is 8.32 Å². The molecular weight excluding hydrogens is 332 g/mol. The molecule has 0 saturated heterocycles. The van der Waals surface area contributed by atoms with Crippen LogP contribution in [-0.2, 0) is 4.43 Å². The van der Waals surface area contributed by atoms with Gasteiger partial charge < -0.3 is 4.43 Å². The van der Waals surface area contributed by atoms with Crippen molar-refractivity contribution in [2.24, 2.45) is 0 Å². The molecule has 0 heterocycles. The van der Waals surface area contributed by atoms with Crippen molar-refractivity contribution >= 4 is 14.1 Å². The third-order valence-corrected chi connectivity index (χ3v) is 10.4. The number of hydrogen-bond donors (Lipinski definition) is 0. The maximum atomic E-state index is 6.94. The first-order chi connectivity index (χ1) is 12.3. The average Bonchev–Trinajstić information content (AvgIpc) is 3.10. The van der Waals surface area contributed by atoms with E-state index >= 15 is 0 Å². The van der Waals surface area contributed by atoms with E-state index in [0.29, 0.717) is 5.92 Å². The molecule has 0 radical (unpaired) electrons. The average molecular weight is 365 g/mol. The molecule has 1 unspecified atom stereocenters. The van der Waals surface area contributed by atoms with E-state index in [4.69, 9.17) is 4.43 Å². The van der Waals surface area contributed by atoms with Gasteiger partial charge in [0.1, 0.15) is 5.76 Å². The smallest absolute Gasteiger partial charge is 0.250 e. The van der Waals surface area contributed by atoms with Crippen LogP contribution in [0.3, 0.4) is 0 Å². The number of allylic oxidation sites excluding steroid dienone is 1. The summed E-state index contributed by atoms with van der Waals surface area (Å²) in [6, 6.07) is 21.7. The molecule has 2 heteroatoms. The summed E-state index contributed by atoms with van der Waals surface area (Å²) in [4.78, 5) is 0. The molecular formula is C24H32OSi. The molecule has 26 heavy (non-hydrogen) atoms. The summed E-state index contributed by atoms with van der Waals surface area (Å²) in [5.41, 5.74) is 4.15. The lowest BCUT2D eigenvalue weighted by Gasteiger charge is -2.38. The largest absolute Gasteiger partial charge is 0.543 e. The van der Waals surface area contributed by atoms with Gasteiger partial charge in [0, 0.05) is 11.5 Å². The molecule has 1 fully saturated rings. The molecule has 1 aliphatic carbocycles. The number of hydrogen-bond acceptors (Lipinski definition) is 1. The van der Waals surface area contributed by atoms with Crippen LogP contribution in [0.25, 0.3) is 5.76 Å². The fraction of sp³-hybridized carbons (Fsp3) is 0.417. The van der Waals surface area contributed by atoms with Gasteiger partial charge in [-0.25, -0.2) is 0 Å². The summed E-state index contributed by atoms with van der Waals surface area (Å²) in [5, 5.41) is 0.189. The molecule has 138 valence electrons. The van der Waals surface area contributed by atoms with Crippen molar-refractivity contribution in [1.29, 1.82) is 0 Å². The predicted molar refractivity (Wildman–Crippen MR) is 115 cm³/mol. The van der Waals surface area contributed by atoms with Crippen LogP contribution in [0.2, 0.25) is 18.1 Å². The summed E-state index contributed by atoms with van der Waals surface area (Å²) in [6.45, 7) is 11.6. The lowest BCUT2D eigenvalue weighted by Crippen LogP contribution is -2.40. The van der Waals surface area contributed by atoms with Crippen LogP contribution in [0, 0.1) is 0 Å². The first-order valence-corrected chi connectivity index (χ1v) is 12.7. The second-order valence-corrected chi connectivity index (χ2v) is 13.7. The zero-order chi connectivity index (χ0) is 18.8. The van der Waals surface area contributed by atoms with Crippen LogP contribution in [0.15, 0.2) is 66.2 Å². The minimum absolute atomic E-state index is 0.189. The lowest BCUT2D eigenvalue weighted by molar-refractivity contribution is 0.452. The molecule has 1 aliphatic rings. The van der Waals surface area contributed by atoms with Gasteiger partial charge in [0.2, 0.25) is 0 Å². The van der Waals surface area contributed by atoms with Crippen molar-refractivity contribution in [3.63, 3.8) is 0 Å². The Morgan fingerprint density at radius 1 is 0.923 bits per heavy atom. The Morgan fingerprint density at radius 2 is 1.50 bits per heavy atom. The van der Waals surface area contributed by atoms with Gasteiger partial charge in [0.15, 0.2) is 0 Å². The van der Waals surface area contributed by atoms with Gasteiger partial charge in [-0.15, -0.1) is 0 Å². The normalized spacial score (nSPS) is 20.1. The maximum Gasteiger partial charge on any atom is 0.250 e. The zero-order valence-electron chi connectivity index (χ0n) is 16.9. The Bertz CT molecular complexity index is 754. The van der Waals surface area contributed by atoms with Crippen molar-refractivity contribution in [1.82, 2.24) is 0 Å². The van der Waals surface area contributed by atoms with E-state index in [9.17, 15) is 0 Å². The Hall–Kier alpha value is -1.80. The van der Waals surface area contributed by atoms with Crippen LogP contribution < -0.4 is 0 Å². The highest BCUT2D eigenvalue weighted by atomic mass is 28.4. The van der Waals surface area contributed by atoms with Gasteiger partial charge in [-0.3, -0.25) is 0 Å². The quantitative estimate of drug-likeness (QED) is 0.406. The molecule has 2 aromatic rings. The Kier molecular flexibility index (Phi) is 5.43. The monoisotopic (exact) mass is 364 g/mol. The molecule has 0 bridgehead atoms. The lowest BCUT2D eigenvalue weighted by atomic mass is 9.91. The van der Waals surface area contributed by atoms with Gasteiger partial charge >= 0.3 is 0 Å². The molecule has 0 aromatic heterocycles. The summed E-state index contributed by atoms with van der Waals surface area (Å²) >= 11 is 0.